The second kappa shape index (κ2) is 8.00. The minimum Gasteiger partial charge on any atom is -0.359 e. The Bertz CT molecular complexity index is 1150. The van der Waals surface area contributed by atoms with E-state index >= 15 is 0 Å². The highest BCUT2D eigenvalue weighted by atomic mass is 32.1. The molecule has 1 atom stereocenters. The van der Waals surface area contributed by atoms with Crippen LogP contribution in [-0.2, 0) is 12.6 Å². The fourth-order valence-corrected chi connectivity index (χ4v) is 3.72. The van der Waals surface area contributed by atoms with E-state index in [1.54, 1.807) is 12.3 Å². The third-order valence-corrected chi connectivity index (χ3v) is 5.39. The Morgan fingerprint density at radius 3 is 2.63 bits per heavy atom. The van der Waals surface area contributed by atoms with Crippen molar-refractivity contribution in [1.82, 2.24) is 20.4 Å². The first kappa shape index (κ1) is 20.2. The number of anilines is 1. The number of halogens is 4. The summed E-state index contributed by atoms with van der Waals surface area (Å²) in [5, 5.41) is 19.3. The number of benzene rings is 2. The zero-order chi connectivity index (χ0) is 21.3. The van der Waals surface area contributed by atoms with Gasteiger partial charge in [-0.2, -0.15) is 18.3 Å². The van der Waals surface area contributed by atoms with Gasteiger partial charge >= 0.3 is 6.18 Å². The van der Waals surface area contributed by atoms with Crippen LogP contribution in [0.15, 0.2) is 42.6 Å². The van der Waals surface area contributed by atoms with Gasteiger partial charge in [-0.05, 0) is 30.2 Å². The number of nitrogens with one attached hydrogen (secondary N) is 2. The first-order chi connectivity index (χ1) is 14.3. The Morgan fingerprint density at radius 2 is 1.90 bits per heavy atom. The number of hydrogen-bond donors (Lipinski definition) is 3. The number of alkyl halides is 3. The van der Waals surface area contributed by atoms with Crippen LogP contribution in [-0.4, -0.2) is 33.0 Å². The van der Waals surface area contributed by atoms with E-state index in [-0.39, 0.29) is 6.04 Å². The minimum absolute atomic E-state index is 0.323. The van der Waals surface area contributed by atoms with Crippen LogP contribution < -0.4 is 11.1 Å². The predicted octanol–water partition coefficient (Wildman–Crippen LogP) is 4.22. The molecule has 0 spiro atoms. The Balaban J connectivity index is 1.37. The number of nitrogens with zero attached hydrogens (tertiary/aromatic N) is 3. The molecule has 4 rings (SSSR count). The summed E-state index contributed by atoms with van der Waals surface area (Å²) in [6, 6.07) is 7.56. The van der Waals surface area contributed by atoms with Gasteiger partial charge in [0.25, 0.3) is 0 Å². The van der Waals surface area contributed by atoms with Gasteiger partial charge in [0, 0.05) is 29.6 Å². The summed E-state index contributed by atoms with van der Waals surface area (Å²) < 4.78 is 52.2. The van der Waals surface area contributed by atoms with Crippen molar-refractivity contribution in [2.75, 3.05) is 11.9 Å². The number of aromatic amines is 1. The summed E-state index contributed by atoms with van der Waals surface area (Å²) in [6.07, 6.45) is -2.37. The maximum absolute atomic E-state index is 14.3. The fourth-order valence-electron chi connectivity index (χ4n) is 2.96. The molecule has 0 bridgehead atoms. The first-order valence-corrected chi connectivity index (χ1v) is 9.73. The molecule has 0 aliphatic rings. The van der Waals surface area contributed by atoms with Crippen LogP contribution in [0.25, 0.3) is 21.5 Å². The normalized spacial score (nSPS) is 13.0. The maximum atomic E-state index is 14.3. The summed E-state index contributed by atoms with van der Waals surface area (Å²) in [5.74, 6) is -0.437. The summed E-state index contributed by atoms with van der Waals surface area (Å²) in [6.45, 7) is 0.332. The first-order valence-electron chi connectivity index (χ1n) is 8.91. The highest BCUT2D eigenvalue weighted by Crippen LogP contribution is 2.31. The van der Waals surface area contributed by atoms with Gasteiger partial charge in [-0.15, -0.1) is 10.2 Å². The van der Waals surface area contributed by atoms with Crippen molar-refractivity contribution in [3.63, 3.8) is 0 Å². The van der Waals surface area contributed by atoms with Gasteiger partial charge < -0.3 is 11.1 Å². The lowest BCUT2D eigenvalue weighted by Crippen LogP contribution is -2.31. The molecule has 156 valence electrons. The third-order valence-electron chi connectivity index (χ3n) is 4.48. The van der Waals surface area contributed by atoms with E-state index in [0.717, 1.165) is 17.5 Å². The molecule has 0 radical (unpaired) electrons. The summed E-state index contributed by atoms with van der Waals surface area (Å²) >= 11 is 1.18. The van der Waals surface area contributed by atoms with E-state index in [2.05, 4.69) is 25.7 Å². The molecule has 11 heteroatoms. The SMILES string of the molecule is N[C@H](CNc1nnc(-c2cc3cn[nH]c3cc2F)s1)Cc1ccc(C(F)(F)F)cc1. The van der Waals surface area contributed by atoms with E-state index in [9.17, 15) is 17.6 Å². The van der Waals surface area contributed by atoms with Crippen molar-refractivity contribution in [3.05, 3.63) is 59.5 Å². The molecular weight excluding hydrogens is 420 g/mol. The van der Waals surface area contributed by atoms with Gasteiger partial charge in [-0.25, -0.2) is 4.39 Å². The van der Waals surface area contributed by atoms with Gasteiger partial charge in [-0.3, -0.25) is 5.10 Å². The maximum Gasteiger partial charge on any atom is 0.416 e. The molecule has 30 heavy (non-hydrogen) atoms. The number of aromatic nitrogens is 4. The number of hydrogen-bond acceptors (Lipinski definition) is 6. The molecule has 2 aromatic heterocycles. The molecule has 0 fully saturated rings. The van der Waals surface area contributed by atoms with Crippen molar-refractivity contribution in [2.45, 2.75) is 18.6 Å². The number of nitrogens with two attached hydrogens (primary N) is 1. The Labute approximate surface area is 172 Å². The van der Waals surface area contributed by atoms with E-state index < -0.39 is 17.6 Å². The fraction of sp³-hybridized carbons (Fsp3) is 0.211. The standard InChI is InChI=1S/C19H16F4N6S/c20-15-7-16-11(8-26-27-16)6-14(15)17-28-29-18(30-17)25-9-13(24)5-10-1-3-12(4-2-10)19(21,22)23/h1-4,6-8,13H,5,9,24H2,(H,25,29)(H,26,27)/t13-/m0/s1. The van der Waals surface area contributed by atoms with Crippen molar-refractivity contribution >= 4 is 27.4 Å². The van der Waals surface area contributed by atoms with E-state index in [1.165, 1.54) is 29.5 Å². The summed E-state index contributed by atoms with van der Waals surface area (Å²) in [4.78, 5) is 0. The molecule has 6 nitrogen and oxygen atoms in total. The van der Waals surface area contributed by atoms with E-state index in [1.807, 2.05) is 0 Å². The molecule has 0 unspecified atom stereocenters. The van der Waals surface area contributed by atoms with Gasteiger partial charge in [0.1, 0.15) is 5.82 Å². The van der Waals surface area contributed by atoms with E-state index in [4.69, 9.17) is 5.73 Å². The number of H-pyrrole nitrogens is 1. The average Bonchev–Trinajstić information content (AvgIpc) is 3.34. The zero-order valence-electron chi connectivity index (χ0n) is 15.4. The van der Waals surface area contributed by atoms with Crippen LogP contribution >= 0.6 is 11.3 Å². The minimum atomic E-state index is -4.36. The third kappa shape index (κ3) is 4.41. The molecule has 0 aliphatic heterocycles. The van der Waals surface area contributed by atoms with Crippen LogP contribution in [0.2, 0.25) is 0 Å². The molecule has 4 N–H and O–H groups in total. The smallest absolute Gasteiger partial charge is 0.359 e. The molecule has 2 heterocycles. The molecule has 0 amide bonds. The largest absolute Gasteiger partial charge is 0.416 e. The van der Waals surface area contributed by atoms with Crippen LogP contribution in [0, 0.1) is 5.82 Å². The van der Waals surface area contributed by atoms with Gasteiger partial charge in [0.05, 0.1) is 17.3 Å². The second-order valence-electron chi connectivity index (χ2n) is 6.74. The average molecular weight is 436 g/mol. The summed E-state index contributed by atoms with van der Waals surface area (Å²) in [5.41, 5.74) is 6.99. The van der Waals surface area contributed by atoms with Crippen LogP contribution in [0.4, 0.5) is 22.7 Å². The van der Waals surface area contributed by atoms with Crippen molar-refractivity contribution in [1.29, 1.82) is 0 Å². The lowest BCUT2D eigenvalue weighted by atomic mass is 10.0. The monoisotopic (exact) mass is 436 g/mol. The molecule has 0 saturated heterocycles. The number of fused-ring (bicyclic) bond motifs is 1. The molecule has 0 aliphatic carbocycles. The van der Waals surface area contributed by atoms with Gasteiger partial charge in [0.15, 0.2) is 5.01 Å². The second-order valence-corrected chi connectivity index (χ2v) is 7.72. The highest BCUT2D eigenvalue weighted by Gasteiger charge is 2.29. The molecule has 4 aromatic rings. The number of rotatable bonds is 6. The van der Waals surface area contributed by atoms with E-state index in [0.29, 0.717) is 39.7 Å². The van der Waals surface area contributed by atoms with Crippen LogP contribution in [0.1, 0.15) is 11.1 Å². The Kier molecular flexibility index (Phi) is 5.39. The lowest BCUT2D eigenvalue weighted by molar-refractivity contribution is -0.137. The lowest BCUT2D eigenvalue weighted by Gasteiger charge is -2.13. The van der Waals surface area contributed by atoms with Crippen LogP contribution in [0.5, 0.6) is 0 Å². The van der Waals surface area contributed by atoms with Gasteiger partial charge in [0.2, 0.25) is 5.13 Å². The van der Waals surface area contributed by atoms with Crippen LogP contribution in [0.3, 0.4) is 0 Å². The van der Waals surface area contributed by atoms with Crippen molar-refractivity contribution in [2.24, 2.45) is 5.73 Å². The Hall–Kier alpha value is -3.05. The topological polar surface area (TPSA) is 92.5 Å². The van der Waals surface area contributed by atoms with Crippen molar-refractivity contribution in [3.8, 4) is 10.6 Å². The Morgan fingerprint density at radius 1 is 1.13 bits per heavy atom. The predicted molar refractivity (Wildman–Crippen MR) is 107 cm³/mol. The summed E-state index contributed by atoms with van der Waals surface area (Å²) in [7, 11) is 0. The van der Waals surface area contributed by atoms with Gasteiger partial charge in [-0.1, -0.05) is 23.5 Å². The highest BCUT2D eigenvalue weighted by molar-refractivity contribution is 7.18. The molecule has 0 saturated carbocycles. The molecule has 2 aromatic carbocycles. The van der Waals surface area contributed by atoms with Crippen molar-refractivity contribution < 1.29 is 17.6 Å². The molecular formula is C19H16F4N6S. The zero-order valence-corrected chi connectivity index (χ0v) is 16.2. The quantitative estimate of drug-likeness (QED) is 0.394.